The van der Waals surface area contributed by atoms with E-state index in [-0.39, 0.29) is 12.0 Å². The van der Waals surface area contributed by atoms with Crippen LogP contribution in [-0.4, -0.2) is 44.9 Å². The number of halogens is 2. The largest absolute Gasteiger partial charge is 0.393 e. The number of aliphatic hydroxyl groups excluding tert-OH is 1. The molecule has 27 heavy (non-hydrogen) atoms. The summed E-state index contributed by atoms with van der Waals surface area (Å²) >= 11 is 14.0. The normalized spacial score (nSPS) is 15.6. The lowest BCUT2D eigenvalue weighted by molar-refractivity contribution is 0.0551. The van der Waals surface area contributed by atoms with E-state index in [1.807, 2.05) is 40.8 Å². The smallest absolute Gasteiger partial charge is 0.264 e. The van der Waals surface area contributed by atoms with Crippen LogP contribution < -0.4 is 0 Å². The monoisotopic (exact) mass is 423 g/mol. The van der Waals surface area contributed by atoms with Gasteiger partial charge >= 0.3 is 0 Å². The number of benzene rings is 1. The van der Waals surface area contributed by atoms with Crippen LogP contribution in [0.2, 0.25) is 10.0 Å². The number of carbonyl (C=O) groups excluding carboxylic acids is 1. The highest BCUT2D eigenvalue weighted by Crippen LogP contribution is 2.32. The fraction of sp³-hybridized carbons (Fsp3) is 0.368. The Morgan fingerprint density at radius 1 is 1.30 bits per heavy atom. The molecule has 0 unspecified atom stereocenters. The Kier molecular flexibility index (Phi) is 5.16. The number of nitrogens with zero attached hydrogens (tertiary/aromatic N) is 3. The average molecular weight is 424 g/mol. The van der Waals surface area contributed by atoms with Crippen LogP contribution in [0.15, 0.2) is 24.3 Å². The molecule has 1 N–H and O–H groups in total. The molecule has 2 aromatic heterocycles. The van der Waals surface area contributed by atoms with Crippen LogP contribution in [0, 0.1) is 6.92 Å². The molecule has 1 aliphatic heterocycles. The van der Waals surface area contributed by atoms with Crippen LogP contribution in [0.3, 0.4) is 0 Å². The number of carbonyl (C=O) groups is 1. The van der Waals surface area contributed by atoms with E-state index in [2.05, 4.69) is 5.10 Å². The van der Waals surface area contributed by atoms with Gasteiger partial charge in [0.25, 0.3) is 5.91 Å². The molecule has 0 atom stereocenters. The number of fused-ring (bicyclic) bond motifs is 1. The van der Waals surface area contributed by atoms with Gasteiger partial charge in [-0.2, -0.15) is 5.10 Å². The molecular formula is C19H19Cl2N3O2S. The molecule has 0 spiro atoms. The Balaban J connectivity index is 1.65. The molecule has 1 fully saturated rings. The molecular weight excluding hydrogens is 405 g/mol. The lowest BCUT2D eigenvalue weighted by Gasteiger charge is -2.29. The number of hydrogen-bond donors (Lipinski definition) is 1. The van der Waals surface area contributed by atoms with Crippen molar-refractivity contribution in [1.29, 1.82) is 0 Å². The van der Waals surface area contributed by atoms with E-state index in [0.29, 0.717) is 47.4 Å². The van der Waals surface area contributed by atoms with Crippen LogP contribution in [0.25, 0.3) is 10.2 Å². The van der Waals surface area contributed by atoms with Gasteiger partial charge in [0.1, 0.15) is 4.83 Å². The maximum absolute atomic E-state index is 12.8. The van der Waals surface area contributed by atoms with Gasteiger partial charge in [0, 0.05) is 34.1 Å². The van der Waals surface area contributed by atoms with Gasteiger partial charge in [-0.25, -0.2) is 4.68 Å². The van der Waals surface area contributed by atoms with Gasteiger partial charge in [0.2, 0.25) is 0 Å². The van der Waals surface area contributed by atoms with Gasteiger partial charge in [-0.05, 0) is 38.0 Å². The van der Waals surface area contributed by atoms with E-state index in [1.54, 1.807) is 0 Å². The summed E-state index contributed by atoms with van der Waals surface area (Å²) in [5, 5.41) is 16.4. The molecule has 5 nitrogen and oxygen atoms in total. The quantitative estimate of drug-likeness (QED) is 0.680. The maximum atomic E-state index is 12.8. The van der Waals surface area contributed by atoms with Crippen molar-refractivity contribution in [3.8, 4) is 0 Å². The third-order valence-corrected chi connectivity index (χ3v) is 6.78. The first-order valence-corrected chi connectivity index (χ1v) is 10.4. The number of likely N-dealkylation sites (tertiary alicyclic amines) is 1. The lowest BCUT2D eigenvalue weighted by Crippen LogP contribution is -2.39. The average Bonchev–Trinajstić information content (AvgIpc) is 3.20. The predicted octanol–water partition coefficient (Wildman–Crippen LogP) is 4.36. The predicted molar refractivity (Wildman–Crippen MR) is 109 cm³/mol. The van der Waals surface area contributed by atoms with Crippen LogP contribution in [0.4, 0.5) is 0 Å². The van der Waals surface area contributed by atoms with Gasteiger partial charge in [0.05, 0.1) is 23.2 Å². The highest BCUT2D eigenvalue weighted by molar-refractivity contribution is 7.20. The Labute approximate surface area is 171 Å². The zero-order chi connectivity index (χ0) is 19.1. The van der Waals surface area contributed by atoms with Gasteiger partial charge in [0.15, 0.2) is 0 Å². The molecule has 4 rings (SSSR count). The third-order valence-electron chi connectivity index (χ3n) is 4.94. The molecule has 142 valence electrons. The van der Waals surface area contributed by atoms with Crippen molar-refractivity contribution in [2.24, 2.45) is 0 Å². The van der Waals surface area contributed by atoms with E-state index in [0.717, 1.165) is 21.5 Å². The highest BCUT2D eigenvalue weighted by atomic mass is 35.5. The van der Waals surface area contributed by atoms with Gasteiger partial charge in [-0.3, -0.25) is 4.79 Å². The molecule has 0 bridgehead atoms. The molecule has 3 aromatic rings. The summed E-state index contributed by atoms with van der Waals surface area (Å²) in [4.78, 5) is 16.3. The first-order valence-electron chi connectivity index (χ1n) is 8.81. The number of aromatic nitrogens is 2. The summed E-state index contributed by atoms with van der Waals surface area (Å²) in [6.07, 6.45) is 0.968. The Morgan fingerprint density at radius 2 is 1.96 bits per heavy atom. The minimum Gasteiger partial charge on any atom is -0.393 e. The van der Waals surface area contributed by atoms with Gasteiger partial charge < -0.3 is 10.0 Å². The van der Waals surface area contributed by atoms with E-state index in [1.165, 1.54) is 11.3 Å². The van der Waals surface area contributed by atoms with Crippen LogP contribution in [-0.2, 0) is 6.54 Å². The van der Waals surface area contributed by atoms with Gasteiger partial charge in [-0.1, -0.05) is 29.3 Å². The van der Waals surface area contributed by atoms with Crippen LogP contribution in [0.1, 0.15) is 33.8 Å². The summed E-state index contributed by atoms with van der Waals surface area (Å²) < 4.78 is 1.86. The fourth-order valence-electron chi connectivity index (χ4n) is 3.38. The highest BCUT2D eigenvalue weighted by Gasteiger charge is 2.25. The first kappa shape index (κ1) is 18.7. The number of rotatable bonds is 3. The second-order valence-electron chi connectivity index (χ2n) is 6.80. The Hall–Kier alpha value is -1.60. The number of aliphatic hydroxyl groups is 1. The van der Waals surface area contributed by atoms with Crippen molar-refractivity contribution in [3.05, 3.63) is 50.4 Å². The summed E-state index contributed by atoms with van der Waals surface area (Å²) in [7, 11) is 0. The SMILES string of the molecule is Cc1nn(Cc2c(Cl)cccc2Cl)c2sc(C(=O)N3CCC(O)CC3)cc12. The van der Waals surface area contributed by atoms with Gasteiger partial charge in [-0.15, -0.1) is 11.3 Å². The van der Waals surface area contributed by atoms with E-state index in [4.69, 9.17) is 23.2 Å². The summed E-state index contributed by atoms with van der Waals surface area (Å²) in [6.45, 7) is 3.57. The van der Waals surface area contributed by atoms with Crippen molar-refractivity contribution in [2.45, 2.75) is 32.4 Å². The zero-order valence-corrected chi connectivity index (χ0v) is 17.1. The molecule has 1 saturated heterocycles. The Bertz CT molecular complexity index is 986. The standard InChI is InChI=1S/C19H19Cl2N3O2S/c1-11-13-9-17(18(26)23-7-5-12(25)6-8-23)27-19(13)24(22-11)10-14-15(20)3-2-4-16(14)21/h2-4,9,12,25H,5-8,10H2,1H3. The van der Waals surface area contributed by atoms with Crippen LogP contribution >= 0.6 is 34.5 Å². The van der Waals surface area contributed by atoms with Crippen molar-refractivity contribution >= 4 is 50.7 Å². The number of aryl methyl sites for hydroxylation is 1. The Morgan fingerprint density at radius 3 is 2.63 bits per heavy atom. The first-order chi connectivity index (χ1) is 12.9. The number of piperidine rings is 1. The minimum absolute atomic E-state index is 0.0184. The minimum atomic E-state index is -0.298. The maximum Gasteiger partial charge on any atom is 0.264 e. The molecule has 0 radical (unpaired) electrons. The third kappa shape index (κ3) is 3.59. The molecule has 3 heterocycles. The molecule has 0 saturated carbocycles. The lowest BCUT2D eigenvalue weighted by atomic mass is 10.1. The molecule has 1 amide bonds. The summed E-state index contributed by atoms with van der Waals surface area (Å²) in [5.74, 6) is 0.0184. The van der Waals surface area contributed by atoms with Crippen molar-refractivity contribution in [1.82, 2.24) is 14.7 Å². The van der Waals surface area contributed by atoms with E-state index < -0.39 is 0 Å². The topological polar surface area (TPSA) is 58.4 Å². The zero-order valence-electron chi connectivity index (χ0n) is 14.8. The molecule has 0 aliphatic carbocycles. The van der Waals surface area contributed by atoms with Crippen molar-refractivity contribution in [3.63, 3.8) is 0 Å². The number of thiophene rings is 1. The van der Waals surface area contributed by atoms with Crippen molar-refractivity contribution < 1.29 is 9.90 Å². The molecule has 1 aromatic carbocycles. The second kappa shape index (κ2) is 7.43. The van der Waals surface area contributed by atoms with Crippen LogP contribution in [0.5, 0.6) is 0 Å². The number of hydrogen-bond acceptors (Lipinski definition) is 4. The van der Waals surface area contributed by atoms with Crippen molar-refractivity contribution in [2.75, 3.05) is 13.1 Å². The molecule has 8 heteroatoms. The second-order valence-corrected chi connectivity index (χ2v) is 8.64. The summed E-state index contributed by atoms with van der Waals surface area (Å²) in [6, 6.07) is 7.35. The number of amides is 1. The van der Waals surface area contributed by atoms with E-state index >= 15 is 0 Å². The fourth-order valence-corrected chi connectivity index (χ4v) is 5.03. The van der Waals surface area contributed by atoms with E-state index in [9.17, 15) is 9.90 Å². The molecule has 1 aliphatic rings. The summed E-state index contributed by atoms with van der Waals surface area (Å²) in [5.41, 5.74) is 1.69.